The summed E-state index contributed by atoms with van der Waals surface area (Å²) in [5, 5.41) is 3.22. The van der Waals surface area contributed by atoms with Crippen molar-refractivity contribution in [1.82, 2.24) is 9.97 Å². The molecule has 3 aromatic rings. The van der Waals surface area contributed by atoms with E-state index >= 15 is 0 Å². The topological polar surface area (TPSA) is 87.2 Å². The molecule has 158 valence electrons. The van der Waals surface area contributed by atoms with Crippen molar-refractivity contribution in [3.05, 3.63) is 51.9 Å². The molecule has 7 nitrogen and oxygen atoms in total. The summed E-state index contributed by atoms with van der Waals surface area (Å²) in [5.41, 5.74) is 2.18. The van der Waals surface area contributed by atoms with E-state index in [1.165, 1.54) is 30.6 Å². The Morgan fingerprint density at radius 2 is 1.70 bits per heavy atom. The Balaban J connectivity index is 1.46. The van der Waals surface area contributed by atoms with E-state index in [4.69, 9.17) is 0 Å². The lowest BCUT2D eigenvalue weighted by molar-refractivity contribution is 0.573. The van der Waals surface area contributed by atoms with Gasteiger partial charge < -0.3 is 10.2 Å². The van der Waals surface area contributed by atoms with E-state index in [1.54, 1.807) is 36.4 Å². The smallest absolute Gasteiger partial charge is 0.271 e. The van der Waals surface area contributed by atoms with Crippen LogP contribution in [0.3, 0.4) is 0 Å². The summed E-state index contributed by atoms with van der Waals surface area (Å²) in [4.78, 5) is 11.4. The fourth-order valence-corrected chi connectivity index (χ4v) is 6.36. The van der Waals surface area contributed by atoms with E-state index in [0.29, 0.717) is 11.6 Å². The summed E-state index contributed by atoms with van der Waals surface area (Å²) in [6.45, 7) is 4.00. The zero-order valence-corrected chi connectivity index (χ0v) is 19.6. The van der Waals surface area contributed by atoms with E-state index < -0.39 is 10.0 Å². The number of sulfonamides is 1. The minimum atomic E-state index is -3.60. The van der Waals surface area contributed by atoms with Crippen molar-refractivity contribution in [2.45, 2.75) is 30.4 Å². The van der Waals surface area contributed by atoms with Gasteiger partial charge in [0.1, 0.15) is 10.0 Å². The molecule has 1 aliphatic rings. The maximum atomic E-state index is 12.5. The van der Waals surface area contributed by atoms with Gasteiger partial charge in [0.15, 0.2) is 0 Å². The largest absolute Gasteiger partial charge is 0.356 e. The molecule has 2 aromatic heterocycles. The second-order valence-corrected chi connectivity index (χ2v) is 11.5. The summed E-state index contributed by atoms with van der Waals surface area (Å²) >= 11 is 4.46. The van der Waals surface area contributed by atoms with Crippen LogP contribution in [0.25, 0.3) is 0 Å². The first-order chi connectivity index (χ1) is 14.4. The van der Waals surface area contributed by atoms with Crippen molar-refractivity contribution in [2.75, 3.05) is 28.0 Å². The van der Waals surface area contributed by atoms with Crippen LogP contribution in [0, 0.1) is 6.92 Å². The summed E-state index contributed by atoms with van der Waals surface area (Å²) in [6, 6.07) is 12.3. The third kappa shape index (κ3) is 5.11. The van der Waals surface area contributed by atoms with Crippen LogP contribution in [-0.4, -0.2) is 31.5 Å². The van der Waals surface area contributed by atoms with Crippen molar-refractivity contribution in [3.8, 4) is 0 Å². The van der Waals surface area contributed by atoms with Gasteiger partial charge >= 0.3 is 0 Å². The molecule has 4 rings (SSSR count). The SMILES string of the molecule is Cc1cc(N2CCCCC2)nc(Nc2ccc(NS(=O)(=O)c3ccc(Br)s3)cc2)n1. The number of piperidine rings is 1. The third-order valence-corrected chi connectivity index (χ3v) is 8.22. The molecule has 1 aliphatic heterocycles. The molecule has 3 heterocycles. The average molecular weight is 508 g/mol. The number of hydrogen-bond acceptors (Lipinski definition) is 7. The Bertz CT molecular complexity index is 1130. The van der Waals surface area contributed by atoms with Crippen LogP contribution in [0.4, 0.5) is 23.1 Å². The van der Waals surface area contributed by atoms with Gasteiger partial charge in [0.2, 0.25) is 5.95 Å². The van der Waals surface area contributed by atoms with E-state index in [9.17, 15) is 8.42 Å². The number of thiophene rings is 1. The molecule has 0 unspecified atom stereocenters. The van der Waals surface area contributed by atoms with Crippen molar-refractivity contribution in [2.24, 2.45) is 0 Å². The maximum Gasteiger partial charge on any atom is 0.271 e. The van der Waals surface area contributed by atoms with Crippen molar-refractivity contribution in [1.29, 1.82) is 0 Å². The Morgan fingerprint density at radius 3 is 2.37 bits per heavy atom. The van der Waals surface area contributed by atoms with Gasteiger partial charge in [-0.05, 0) is 78.5 Å². The highest BCUT2D eigenvalue weighted by atomic mass is 79.9. The number of aromatic nitrogens is 2. The van der Waals surface area contributed by atoms with E-state index in [1.807, 2.05) is 13.0 Å². The minimum absolute atomic E-state index is 0.259. The Hall–Kier alpha value is -2.17. The highest BCUT2D eigenvalue weighted by molar-refractivity contribution is 9.11. The molecule has 1 aromatic carbocycles. The lowest BCUT2D eigenvalue weighted by atomic mass is 10.1. The molecule has 1 saturated heterocycles. The molecule has 0 aliphatic carbocycles. The Kier molecular flexibility index (Phi) is 6.26. The van der Waals surface area contributed by atoms with Crippen LogP contribution in [0.1, 0.15) is 25.0 Å². The average Bonchev–Trinajstić information content (AvgIpc) is 3.17. The lowest BCUT2D eigenvalue weighted by Crippen LogP contribution is -2.30. The van der Waals surface area contributed by atoms with Crippen LogP contribution in [0.15, 0.2) is 50.5 Å². The van der Waals surface area contributed by atoms with Crippen LogP contribution in [-0.2, 0) is 10.0 Å². The van der Waals surface area contributed by atoms with Gasteiger partial charge in [-0.15, -0.1) is 11.3 Å². The summed E-state index contributed by atoms with van der Waals surface area (Å²) in [5.74, 6) is 1.48. The van der Waals surface area contributed by atoms with Gasteiger partial charge in [0, 0.05) is 36.2 Å². The minimum Gasteiger partial charge on any atom is -0.356 e. The molecular weight excluding hydrogens is 486 g/mol. The van der Waals surface area contributed by atoms with Gasteiger partial charge in [0.25, 0.3) is 10.0 Å². The molecular formula is C20H22BrN5O2S2. The van der Waals surface area contributed by atoms with Gasteiger partial charge in [0.05, 0.1) is 3.79 Å². The molecule has 30 heavy (non-hydrogen) atoms. The number of rotatable bonds is 6. The fraction of sp³-hybridized carbons (Fsp3) is 0.300. The predicted molar refractivity (Wildman–Crippen MR) is 125 cm³/mol. The van der Waals surface area contributed by atoms with Crippen LogP contribution >= 0.6 is 27.3 Å². The molecule has 2 N–H and O–H groups in total. The Labute approximate surface area is 188 Å². The zero-order valence-electron chi connectivity index (χ0n) is 16.4. The number of anilines is 4. The second kappa shape index (κ2) is 8.91. The first-order valence-corrected chi connectivity index (χ1v) is 12.7. The zero-order chi connectivity index (χ0) is 21.1. The number of halogens is 1. The van der Waals surface area contributed by atoms with E-state index in [2.05, 4.69) is 40.8 Å². The first-order valence-electron chi connectivity index (χ1n) is 9.65. The summed E-state index contributed by atoms with van der Waals surface area (Å²) < 4.78 is 28.5. The standard InChI is InChI=1S/C20H22BrN5O2S2/c1-14-13-18(26-11-3-2-4-12-26)24-20(22-14)23-15-5-7-16(8-6-15)25-30(27,28)19-10-9-17(21)29-19/h5-10,13,25H,2-4,11-12H2,1H3,(H,22,23,24). The molecule has 0 amide bonds. The Morgan fingerprint density at radius 1 is 1.00 bits per heavy atom. The summed E-state index contributed by atoms with van der Waals surface area (Å²) in [7, 11) is -3.60. The van der Waals surface area contributed by atoms with E-state index in [0.717, 1.165) is 34.1 Å². The second-order valence-electron chi connectivity index (χ2n) is 7.11. The van der Waals surface area contributed by atoms with Gasteiger partial charge in [-0.3, -0.25) is 4.72 Å². The van der Waals surface area contributed by atoms with Gasteiger partial charge in [-0.1, -0.05) is 0 Å². The van der Waals surface area contributed by atoms with Crippen molar-refractivity contribution in [3.63, 3.8) is 0 Å². The monoisotopic (exact) mass is 507 g/mol. The molecule has 0 radical (unpaired) electrons. The van der Waals surface area contributed by atoms with Crippen molar-refractivity contribution < 1.29 is 8.42 Å². The van der Waals surface area contributed by atoms with Gasteiger partial charge in [-0.2, -0.15) is 4.98 Å². The lowest BCUT2D eigenvalue weighted by Gasteiger charge is -2.28. The molecule has 0 bridgehead atoms. The number of benzene rings is 1. The predicted octanol–water partition coefficient (Wildman–Crippen LogP) is 5.14. The van der Waals surface area contributed by atoms with Crippen LogP contribution in [0.5, 0.6) is 0 Å². The van der Waals surface area contributed by atoms with Gasteiger partial charge in [-0.25, -0.2) is 13.4 Å². The first kappa shape index (κ1) is 21.1. The molecule has 1 fully saturated rings. The van der Waals surface area contributed by atoms with Crippen molar-refractivity contribution >= 4 is 60.4 Å². The quantitative estimate of drug-likeness (QED) is 0.479. The molecule has 0 saturated carbocycles. The number of hydrogen-bond donors (Lipinski definition) is 2. The third-order valence-electron chi connectivity index (χ3n) is 4.73. The molecule has 10 heteroatoms. The number of nitrogens with zero attached hydrogens (tertiary/aromatic N) is 3. The van der Waals surface area contributed by atoms with Crippen LogP contribution < -0.4 is 14.9 Å². The highest BCUT2D eigenvalue weighted by Crippen LogP contribution is 2.28. The number of aryl methyl sites for hydroxylation is 1. The summed E-state index contributed by atoms with van der Waals surface area (Å²) in [6.07, 6.45) is 3.64. The fourth-order valence-electron chi connectivity index (χ4n) is 3.29. The molecule has 0 atom stereocenters. The highest BCUT2D eigenvalue weighted by Gasteiger charge is 2.17. The number of nitrogens with one attached hydrogen (secondary N) is 2. The van der Waals surface area contributed by atoms with Crippen LogP contribution in [0.2, 0.25) is 0 Å². The molecule has 0 spiro atoms. The van der Waals surface area contributed by atoms with E-state index in [-0.39, 0.29) is 4.21 Å². The maximum absolute atomic E-state index is 12.5. The normalized spacial score (nSPS) is 14.5.